The fourth-order valence-corrected chi connectivity index (χ4v) is 2.36. The highest BCUT2D eigenvalue weighted by molar-refractivity contribution is 6.30. The predicted molar refractivity (Wildman–Crippen MR) is 92.0 cm³/mol. The van der Waals surface area contributed by atoms with Crippen LogP contribution in [-0.4, -0.2) is 11.0 Å². The number of nitrogens with zero attached hydrogens (tertiary/aromatic N) is 1. The smallest absolute Gasteiger partial charge is 0.331 e. The Hall–Kier alpha value is -2.65. The molecule has 0 amide bonds. The van der Waals surface area contributed by atoms with Crippen molar-refractivity contribution in [2.24, 2.45) is 0 Å². The Bertz CT molecular complexity index is 860. The number of fused-ring (bicyclic) bond motifs is 1. The molecular weight excluding hydrogens is 310 g/mol. The zero-order valence-corrected chi connectivity index (χ0v) is 13.0. The Morgan fingerprint density at radius 3 is 2.65 bits per heavy atom. The normalized spacial score (nSPS) is 11.0. The van der Waals surface area contributed by atoms with Crippen LogP contribution in [-0.2, 0) is 16.1 Å². The summed E-state index contributed by atoms with van der Waals surface area (Å²) in [5.41, 5.74) is 2.44. The number of benzene rings is 2. The highest BCUT2D eigenvalue weighted by atomic mass is 35.5. The molecule has 0 N–H and O–H groups in total. The molecule has 3 rings (SSSR count). The monoisotopic (exact) mass is 323 g/mol. The van der Waals surface area contributed by atoms with Gasteiger partial charge in [0.1, 0.15) is 11.8 Å². The summed E-state index contributed by atoms with van der Waals surface area (Å²) in [6, 6.07) is 19.1. The molecule has 3 nitrogen and oxygen atoms in total. The molecule has 4 heteroatoms. The molecule has 0 radical (unpaired) electrons. The molecule has 3 aromatic rings. The third-order valence-electron chi connectivity index (χ3n) is 3.33. The van der Waals surface area contributed by atoms with Crippen molar-refractivity contribution in [1.82, 2.24) is 4.98 Å². The first-order valence-corrected chi connectivity index (χ1v) is 7.54. The summed E-state index contributed by atoms with van der Waals surface area (Å²) in [5, 5.41) is 1.31. The topological polar surface area (TPSA) is 39.2 Å². The molecule has 0 bridgehead atoms. The lowest BCUT2D eigenvalue weighted by atomic mass is 10.2. The van der Waals surface area contributed by atoms with Crippen molar-refractivity contribution in [3.63, 3.8) is 0 Å². The molecule has 114 valence electrons. The van der Waals surface area contributed by atoms with E-state index in [1.807, 2.05) is 60.7 Å². The van der Waals surface area contributed by atoms with Gasteiger partial charge in [0.2, 0.25) is 0 Å². The maximum atomic E-state index is 11.8. The summed E-state index contributed by atoms with van der Waals surface area (Å²) in [5.74, 6) is -0.418. The second-order valence-electron chi connectivity index (χ2n) is 4.98. The van der Waals surface area contributed by atoms with Gasteiger partial charge >= 0.3 is 5.97 Å². The van der Waals surface area contributed by atoms with Gasteiger partial charge < -0.3 is 4.74 Å². The molecule has 0 unspecified atom stereocenters. The van der Waals surface area contributed by atoms with Gasteiger partial charge in [-0.1, -0.05) is 60.1 Å². The van der Waals surface area contributed by atoms with Gasteiger partial charge in [0.05, 0.1) is 5.52 Å². The zero-order valence-electron chi connectivity index (χ0n) is 12.3. The summed E-state index contributed by atoms with van der Waals surface area (Å²) in [6.07, 6.45) is 3.11. The number of aromatic nitrogens is 1. The Kier molecular flexibility index (Phi) is 4.69. The quantitative estimate of drug-likeness (QED) is 0.399. The maximum absolute atomic E-state index is 11.8. The third kappa shape index (κ3) is 3.96. The number of carbonyl (C=O) groups is 1. The van der Waals surface area contributed by atoms with Gasteiger partial charge in [-0.25, -0.2) is 9.78 Å². The van der Waals surface area contributed by atoms with Crippen LogP contribution in [0.2, 0.25) is 5.15 Å². The van der Waals surface area contributed by atoms with Gasteiger partial charge in [-0.2, -0.15) is 0 Å². The number of halogens is 1. The molecule has 0 saturated carbocycles. The fraction of sp³-hybridized carbons (Fsp3) is 0.0526. The minimum atomic E-state index is -0.418. The molecule has 0 aliphatic heterocycles. The lowest BCUT2D eigenvalue weighted by Crippen LogP contribution is -2.02. The lowest BCUT2D eigenvalue weighted by Gasteiger charge is -2.06. The third-order valence-corrected chi connectivity index (χ3v) is 3.66. The second-order valence-corrected chi connectivity index (χ2v) is 5.34. The van der Waals surface area contributed by atoms with E-state index in [1.165, 1.54) is 6.08 Å². The van der Waals surface area contributed by atoms with Gasteiger partial charge in [-0.05, 0) is 23.8 Å². The molecule has 0 aliphatic rings. The number of pyridine rings is 1. The number of rotatable bonds is 4. The number of hydrogen-bond donors (Lipinski definition) is 0. The summed E-state index contributed by atoms with van der Waals surface area (Å²) in [7, 11) is 0. The molecule has 23 heavy (non-hydrogen) atoms. The molecule has 2 aromatic carbocycles. The van der Waals surface area contributed by atoms with Gasteiger partial charge in [0, 0.05) is 17.0 Å². The SMILES string of the molecule is O=C(/C=C/c1ccccc1)OCc1cc2ccccc2nc1Cl. The van der Waals surface area contributed by atoms with Crippen molar-refractivity contribution < 1.29 is 9.53 Å². The lowest BCUT2D eigenvalue weighted by molar-refractivity contribution is -0.138. The molecule has 0 atom stereocenters. The van der Waals surface area contributed by atoms with Crippen LogP contribution in [0.3, 0.4) is 0 Å². The first-order chi connectivity index (χ1) is 11.2. The number of esters is 1. The summed E-state index contributed by atoms with van der Waals surface area (Å²) < 4.78 is 5.23. The van der Waals surface area contributed by atoms with Crippen LogP contribution in [0.4, 0.5) is 0 Å². The first kappa shape index (κ1) is 15.3. The van der Waals surface area contributed by atoms with E-state index >= 15 is 0 Å². The molecular formula is C19H14ClNO2. The van der Waals surface area contributed by atoms with E-state index in [-0.39, 0.29) is 6.61 Å². The van der Waals surface area contributed by atoms with E-state index in [4.69, 9.17) is 16.3 Å². The van der Waals surface area contributed by atoms with E-state index in [9.17, 15) is 4.79 Å². The van der Waals surface area contributed by atoms with Crippen LogP contribution in [0.5, 0.6) is 0 Å². The summed E-state index contributed by atoms with van der Waals surface area (Å²) in [6.45, 7) is 0.0919. The molecule has 0 fully saturated rings. The van der Waals surface area contributed by atoms with Crippen molar-refractivity contribution in [2.75, 3.05) is 0 Å². The highest BCUT2D eigenvalue weighted by Crippen LogP contribution is 2.21. The highest BCUT2D eigenvalue weighted by Gasteiger charge is 2.07. The summed E-state index contributed by atoms with van der Waals surface area (Å²) >= 11 is 6.14. The van der Waals surface area contributed by atoms with Gasteiger partial charge in [0.25, 0.3) is 0 Å². The second kappa shape index (κ2) is 7.07. The minimum absolute atomic E-state index is 0.0919. The van der Waals surface area contributed by atoms with Crippen LogP contribution < -0.4 is 0 Å². The number of hydrogen-bond acceptors (Lipinski definition) is 3. The van der Waals surface area contributed by atoms with E-state index in [2.05, 4.69) is 4.98 Å². The largest absolute Gasteiger partial charge is 0.458 e. The fourth-order valence-electron chi connectivity index (χ4n) is 2.16. The maximum Gasteiger partial charge on any atom is 0.331 e. The van der Waals surface area contributed by atoms with E-state index < -0.39 is 5.97 Å². The Balaban J connectivity index is 1.67. The first-order valence-electron chi connectivity index (χ1n) is 7.16. The molecule has 0 saturated heterocycles. The van der Waals surface area contributed by atoms with Crippen molar-refractivity contribution in [3.8, 4) is 0 Å². The van der Waals surface area contributed by atoms with Crippen molar-refractivity contribution >= 4 is 34.5 Å². The van der Waals surface area contributed by atoms with E-state index in [0.29, 0.717) is 10.7 Å². The molecule has 0 spiro atoms. The van der Waals surface area contributed by atoms with Crippen molar-refractivity contribution in [3.05, 3.63) is 83.0 Å². The van der Waals surface area contributed by atoms with E-state index in [0.717, 1.165) is 16.5 Å². The molecule has 0 aliphatic carbocycles. The number of ether oxygens (including phenoxy) is 1. The predicted octanol–water partition coefficient (Wildman–Crippen LogP) is 4.64. The molecule has 1 heterocycles. The molecule has 1 aromatic heterocycles. The minimum Gasteiger partial charge on any atom is -0.458 e. The van der Waals surface area contributed by atoms with Crippen LogP contribution in [0.15, 0.2) is 66.7 Å². The van der Waals surface area contributed by atoms with Gasteiger partial charge in [-0.3, -0.25) is 0 Å². The van der Waals surface area contributed by atoms with Crippen molar-refractivity contribution in [1.29, 1.82) is 0 Å². The van der Waals surface area contributed by atoms with Crippen LogP contribution >= 0.6 is 11.6 Å². The number of carbonyl (C=O) groups excluding carboxylic acids is 1. The number of para-hydroxylation sites is 1. The van der Waals surface area contributed by atoms with Crippen molar-refractivity contribution in [2.45, 2.75) is 6.61 Å². The standard InChI is InChI=1S/C19H14ClNO2/c20-19-16(12-15-8-4-5-9-17(15)21-19)13-23-18(22)11-10-14-6-2-1-3-7-14/h1-12H,13H2/b11-10+. The Labute approximate surface area is 139 Å². The average molecular weight is 324 g/mol. The van der Waals surface area contributed by atoms with Gasteiger partial charge in [0.15, 0.2) is 0 Å². The van der Waals surface area contributed by atoms with E-state index in [1.54, 1.807) is 6.08 Å². The Morgan fingerprint density at radius 1 is 1.09 bits per heavy atom. The average Bonchev–Trinajstić information content (AvgIpc) is 2.59. The Morgan fingerprint density at radius 2 is 1.83 bits per heavy atom. The van der Waals surface area contributed by atoms with Crippen LogP contribution in [0.25, 0.3) is 17.0 Å². The van der Waals surface area contributed by atoms with Gasteiger partial charge in [-0.15, -0.1) is 0 Å². The summed E-state index contributed by atoms with van der Waals surface area (Å²) in [4.78, 5) is 16.1. The van der Waals surface area contributed by atoms with Crippen LogP contribution in [0.1, 0.15) is 11.1 Å². The zero-order chi connectivity index (χ0) is 16.1. The van der Waals surface area contributed by atoms with Crippen LogP contribution in [0, 0.1) is 0 Å².